The van der Waals surface area contributed by atoms with Gasteiger partial charge < -0.3 is 5.32 Å². The van der Waals surface area contributed by atoms with Crippen LogP contribution >= 0.6 is 0 Å². The van der Waals surface area contributed by atoms with Crippen molar-refractivity contribution >= 4 is 0 Å². The molecule has 19 heavy (non-hydrogen) atoms. The Hall–Kier alpha value is -1.00. The molecule has 2 rings (SSSR count). The fraction of sp³-hybridized carbons (Fsp3) is 0.600. The van der Waals surface area contributed by atoms with E-state index in [1.54, 1.807) is 6.07 Å². The highest BCUT2D eigenvalue weighted by molar-refractivity contribution is 5.17. The van der Waals surface area contributed by atoms with E-state index < -0.39 is 11.6 Å². The summed E-state index contributed by atoms with van der Waals surface area (Å²) in [5.74, 6) is -1.56. The van der Waals surface area contributed by atoms with Gasteiger partial charge in [-0.1, -0.05) is 13.0 Å². The summed E-state index contributed by atoms with van der Waals surface area (Å²) < 4.78 is 25.9. The number of rotatable bonds is 6. The molecule has 1 aromatic rings. The van der Waals surface area contributed by atoms with E-state index in [1.165, 1.54) is 38.1 Å². The summed E-state index contributed by atoms with van der Waals surface area (Å²) in [7, 11) is 0. The van der Waals surface area contributed by atoms with Gasteiger partial charge in [-0.05, 0) is 50.0 Å². The van der Waals surface area contributed by atoms with Gasteiger partial charge in [0.15, 0.2) is 11.6 Å². The second-order valence-electron chi connectivity index (χ2n) is 5.18. The second-order valence-corrected chi connectivity index (χ2v) is 5.18. The summed E-state index contributed by atoms with van der Waals surface area (Å²) in [4.78, 5) is 2.51. The molecule has 4 heteroatoms. The van der Waals surface area contributed by atoms with Crippen molar-refractivity contribution in [1.29, 1.82) is 0 Å². The predicted octanol–water partition coefficient (Wildman–Crippen LogP) is 2.93. The number of benzene rings is 1. The molecule has 0 saturated carbocycles. The van der Waals surface area contributed by atoms with Crippen LogP contribution in [0.1, 0.15) is 31.7 Å². The van der Waals surface area contributed by atoms with Gasteiger partial charge in [0.05, 0.1) is 0 Å². The third kappa shape index (κ3) is 3.98. The lowest BCUT2D eigenvalue weighted by atomic mass is 10.1. The van der Waals surface area contributed by atoms with Gasteiger partial charge in [0.2, 0.25) is 0 Å². The summed E-state index contributed by atoms with van der Waals surface area (Å²) in [5, 5.41) is 3.35. The molecule has 1 heterocycles. The number of likely N-dealkylation sites (tertiary alicyclic amines) is 1. The first kappa shape index (κ1) is 14.4. The van der Waals surface area contributed by atoms with Crippen LogP contribution in [0.25, 0.3) is 0 Å². The second kappa shape index (κ2) is 6.96. The van der Waals surface area contributed by atoms with Crippen molar-refractivity contribution in [2.45, 2.75) is 38.8 Å². The van der Waals surface area contributed by atoms with Crippen molar-refractivity contribution in [1.82, 2.24) is 10.2 Å². The Bertz CT molecular complexity index is 403. The molecule has 1 saturated heterocycles. The molecule has 106 valence electrons. The van der Waals surface area contributed by atoms with Crippen LogP contribution in [0.5, 0.6) is 0 Å². The summed E-state index contributed by atoms with van der Waals surface area (Å²) in [6, 6.07) is 4.62. The molecular formula is C15H22F2N2. The van der Waals surface area contributed by atoms with Crippen LogP contribution < -0.4 is 5.32 Å². The minimum atomic E-state index is -0.785. The van der Waals surface area contributed by atoms with Crippen molar-refractivity contribution in [3.05, 3.63) is 35.4 Å². The quantitative estimate of drug-likeness (QED) is 0.853. The lowest BCUT2D eigenvalue weighted by Crippen LogP contribution is -2.40. The maximum atomic E-state index is 13.1. The van der Waals surface area contributed by atoms with Gasteiger partial charge in [-0.3, -0.25) is 4.90 Å². The van der Waals surface area contributed by atoms with E-state index in [4.69, 9.17) is 0 Å². The van der Waals surface area contributed by atoms with Crippen LogP contribution in [0.3, 0.4) is 0 Å². The highest BCUT2D eigenvalue weighted by Crippen LogP contribution is 2.14. The maximum absolute atomic E-state index is 13.1. The van der Waals surface area contributed by atoms with E-state index in [2.05, 4.69) is 17.1 Å². The smallest absolute Gasteiger partial charge is 0.159 e. The fourth-order valence-corrected chi connectivity index (χ4v) is 2.67. The van der Waals surface area contributed by atoms with Gasteiger partial charge >= 0.3 is 0 Å². The van der Waals surface area contributed by atoms with Gasteiger partial charge in [0.25, 0.3) is 0 Å². The first-order valence-corrected chi connectivity index (χ1v) is 7.09. The van der Waals surface area contributed by atoms with Crippen LogP contribution in [0.15, 0.2) is 18.2 Å². The van der Waals surface area contributed by atoms with Crippen LogP contribution in [-0.4, -0.2) is 30.6 Å². The molecule has 0 aromatic heterocycles. The largest absolute Gasteiger partial charge is 0.311 e. The van der Waals surface area contributed by atoms with Gasteiger partial charge in [-0.25, -0.2) is 8.78 Å². The Morgan fingerprint density at radius 3 is 2.58 bits per heavy atom. The standard InChI is InChI=1S/C15H22F2N2/c1-2-13(19-7-3-4-8-19)11-18-10-12-5-6-14(16)15(17)9-12/h5-6,9,13,18H,2-4,7-8,10-11H2,1H3/t13-/m0/s1. The molecule has 0 bridgehead atoms. The molecule has 1 N–H and O–H groups in total. The normalized spacial score (nSPS) is 17.8. The van der Waals surface area contributed by atoms with E-state index in [0.717, 1.165) is 18.5 Å². The zero-order chi connectivity index (χ0) is 13.7. The first-order chi connectivity index (χ1) is 9.20. The first-order valence-electron chi connectivity index (χ1n) is 7.09. The van der Waals surface area contributed by atoms with E-state index >= 15 is 0 Å². The van der Waals surface area contributed by atoms with E-state index in [1.807, 2.05) is 0 Å². The minimum absolute atomic E-state index is 0.549. The lowest BCUT2D eigenvalue weighted by Gasteiger charge is -2.26. The van der Waals surface area contributed by atoms with Crippen LogP contribution in [-0.2, 0) is 6.54 Å². The third-order valence-corrected chi connectivity index (χ3v) is 3.82. The average Bonchev–Trinajstić information content (AvgIpc) is 2.92. The molecule has 1 atom stereocenters. The van der Waals surface area contributed by atoms with E-state index in [0.29, 0.717) is 12.6 Å². The molecular weight excluding hydrogens is 246 g/mol. The molecule has 1 aromatic carbocycles. The van der Waals surface area contributed by atoms with Gasteiger partial charge in [-0.15, -0.1) is 0 Å². The highest BCUT2D eigenvalue weighted by Gasteiger charge is 2.19. The number of halogens is 2. The molecule has 1 aliphatic heterocycles. The summed E-state index contributed by atoms with van der Waals surface area (Å²) >= 11 is 0. The van der Waals surface area contributed by atoms with E-state index in [-0.39, 0.29) is 0 Å². The predicted molar refractivity (Wildman–Crippen MR) is 73.0 cm³/mol. The van der Waals surface area contributed by atoms with E-state index in [9.17, 15) is 8.78 Å². The van der Waals surface area contributed by atoms with Crippen molar-refractivity contribution in [3.8, 4) is 0 Å². The Labute approximate surface area is 113 Å². The molecule has 0 spiro atoms. The topological polar surface area (TPSA) is 15.3 Å². The molecule has 0 amide bonds. The molecule has 0 radical (unpaired) electrons. The van der Waals surface area contributed by atoms with Crippen LogP contribution in [0.4, 0.5) is 8.78 Å². The molecule has 0 unspecified atom stereocenters. The summed E-state index contributed by atoms with van der Waals surface area (Å²) in [6.07, 6.45) is 3.70. The fourth-order valence-electron chi connectivity index (χ4n) is 2.67. The Morgan fingerprint density at radius 2 is 1.95 bits per heavy atom. The van der Waals surface area contributed by atoms with Crippen molar-refractivity contribution in [2.75, 3.05) is 19.6 Å². The minimum Gasteiger partial charge on any atom is -0.311 e. The number of nitrogens with zero attached hydrogens (tertiary/aromatic N) is 1. The van der Waals surface area contributed by atoms with Crippen LogP contribution in [0.2, 0.25) is 0 Å². The van der Waals surface area contributed by atoms with Crippen molar-refractivity contribution < 1.29 is 8.78 Å². The molecule has 1 aliphatic rings. The molecule has 2 nitrogen and oxygen atoms in total. The maximum Gasteiger partial charge on any atom is 0.159 e. The Kier molecular flexibility index (Phi) is 5.28. The Morgan fingerprint density at radius 1 is 1.21 bits per heavy atom. The Balaban J connectivity index is 1.79. The number of hydrogen-bond acceptors (Lipinski definition) is 2. The lowest BCUT2D eigenvalue weighted by molar-refractivity contribution is 0.229. The van der Waals surface area contributed by atoms with Gasteiger partial charge in [0.1, 0.15) is 0 Å². The van der Waals surface area contributed by atoms with Crippen LogP contribution in [0, 0.1) is 11.6 Å². The molecule has 0 aliphatic carbocycles. The number of nitrogens with one attached hydrogen (secondary N) is 1. The van der Waals surface area contributed by atoms with Gasteiger partial charge in [-0.2, -0.15) is 0 Å². The van der Waals surface area contributed by atoms with Crippen molar-refractivity contribution in [2.24, 2.45) is 0 Å². The zero-order valence-corrected chi connectivity index (χ0v) is 11.5. The van der Waals surface area contributed by atoms with Gasteiger partial charge in [0, 0.05) is 19.1 Å². The average molecular weight is 268 g/mol. The third-order valence-electron chi connectivity index (χ3n) is 3.82. The SMILES string of the molecule is CC[C@@H](CNCc1ccc(F)c(F)c1)N1CCCC1. The monoisotopic (exact) mass is 268 g/mol. The summed E-state index contributed by atoms with van der Waals surface area (Å²) in [6.45, 7) is 6.05. The van der Waals surface area contributed by atoms with Crippen molar-refractivity contribution in [3.63, 3.8) is 0 Å². The summed E-state index contributed by atoms with van der Waals surface area (Å²) in [5.41, 5.74) is 0.787. The zero-order valence-electron chi connectivity index (χ0n) is 11.5. The molecule has 1 fully saturated rings. The highest BCUT2D eigenvalue weighted by atomic mass is 19.2. The number of hydrogen-bond donors (Lipinski definition) is 1.